The van der Waals surface area contributed by atoms with Gasteiger partial charge in [-0.2, -0.15) is 10.2 Å². The maximum Gasteiger partial charge on any atom is 0.309 e. The molecule has 2 aromatic carbocycles. The minimum absolute atomic E-state index is 0.419. The highest BCUT2D eigenvalue weighted by molar-refractivity contribution is 6.47. The standard InChI is InChI=1S/C18H14N8O12/c27-17(28)7-13(21-19-11-3-1-9(23(31)32)5-15(11)25(35)36)14(8-18(29)30)22-20-12-4-2-10(24(33)34)6-16(12)26(37)38/h1-6,19-20H,7-8H2,(H,27,28)(H,29,30)/b21-13+,22-14+. The summed E-state index contributed by atoms with van der Waals surface area (Å²) in [5.41, 5.74) is -0.612. The Balaban J connectivity index is 2.54. The highest BCUT2D eigenvalue weighted by Crippen LogP contribution is 2.30. The first-order chi connectivity index (χ1) is 17.8. The van der Waals surface area contributed by atoms with E-state index in [4.69, 9.17) is 0 Å². The zero-order valence-corrected chi connectivity index (χ0v) is 18.5. The van der Waals surface area contributed by atoms with Gasteiger partial charge >= 0.3 is 23.3 Å². The molecule has 2 aromatic rings. The molecular weight excluding hydrogens is 520 g/mol. The van der Waals surface area contributed by atoms with E-state index in [1.807, 2.05) is 0 Å². The summed E-state index contributed by atoms with van der Waals surface area (Å²) in [5, 5.41) is 70.2. The lowest BCUT2D eigenvalue weighted by molar-refractivity contribution is -0.393. The Labute approximate surface area is 208 Å². The Hall–Kier alpha value is -6.08. The van der Waals surface area contributed by atoms with Crippen molar-refractivity contribution in [2.75, 3.05) is 10.9 Å². The average molecular weight is 534 g/mol. The zero-order valence-electron chi connectivity index (χ0n) is 18.5. The van der Waals surface area contributed by atoms with Crippen LogP contribution in [-0.2, 0) is 9.59 Å². The van der Waals surface area contributed by atoms with Gasteiger partial charge in [0, 0.05) is 12.1 Å². The van der Waals surface area contributed by atoms with E-state index in [0.717, 1.165) is 24.3 Å². The molecule has 2 rings (SSSR count). The number of nitro benzene ring substituents is 4. The van der Waals surface area contributed by atoms with Gasteiger partial charge in [-0.15, -0.1) is 0 Å². The van der Waals surface area contributed by atoms with E-state index in [1.165, 1.54) is 0 Å². The molecule has 4 N–H and O–H groups in total. The van der Waals surface area contributed by atoms with Crippen molar-refractivity contribution >= 4 is 57.5 Å². The molecule has 0 amide bonds. The molecule has 0 aliphatic carbocycles. The van der Waals surface area contributed by atoms with Gasteiger partial charge in [0.1, 0.15) is 11.4 Å². The van der Waals surface area contributed by atoms with Crippen LogP contribution < -0.4 is 10.9 Å². The first-order valence-corrected chi connectivity index (χ1v) is 9.75. The molecule has 20 heteroatoms. The summed E-state index contributed by atoms with van der Waals surface area (Å²) >= 11 is 0. The smallest absolute Gasteiger partial charge is 0.309 e. The van der Waals surface area contributed by atoms with Crippen molar-refractivity contribution in [2.24, 2.45) is 10.2 Å². The second kappa shape index (κ2) is 12.1. The lowest BCUT2D eigenvalue weighted by Crippen LogP contribution is -2.24. The maximum absolute atomic E-state index is 11.4. The third kappa shape index (κ3) is 7.46. The Morgan fingerprint density at radius 2 is 1.00 bits per heavy atom. The van der Waals surface area contributed by atoms with Crippen molar-refractivity contribution in [3.63, 3.8) is 0 Å². The van der Waals surface area contributed by atoms with Gasteiger partial charge in [0.05, 0.1) is 56.1 Å². The van der Waals surface area contributed by atoms with Crippen LogP contribution in [0.3, 0.4) is 0 Å². The number of carboxylic acids is 2. The molecule has 20 nitrogen and oxygen atoms in total. The zero-order chi connectivity index (χ0) is 28.6. The quantitative estimate of drug-likeness (QED) is 0.163. The molecule has 0 saturated carbocycles. The van der Waals surface area contributed by atoms with Crippen molar-refractivity contribution < 1.29 is 39.5 Å². The van der Waals surface area contributed by atoms with Gasteiger partial charge in [-0.3, -0.25) is 60.9 Å². The number of benzene rings is 2. The summed E-state index contributed by atoms with van der Waals surface area (Å²) in [6.07, 6.45) is -1.96. The number of anilines is 2. The van der Waals surface area contributed by atoms with Crippen molar-refractivity contribution in [2.45, 2.75) is 12.8 Å². The number of nitro groups is 4. The van der Waals surface area contributed by atoms with Crippen LogP contribution in [0.1, 0.15) is 12.8 Å². The summed E-state index contributed by atoms with van der Waals surface area (Å²) in [6.45, 7) is 0. The van der Waals surface area contributed by atoms with Gasteiger partial charge in [0.2, 0.25) is 0 Å². The van der Waals surface area contributed by atoms with E-state index in [0.29, 0.717) is 12.1 Å². The number of nitrogens with zero attached hydrogens (tertiary/aromatic N) is 6. The molecule has 0 saturated heterocycles. The van der Waals surface area contributed by atoms with Gasteiger partial charge in [0.15, 0.2) is 0 Å². The first kappa shape index (κ1) is 28.2. The fourth-order valence-corrected chi connectivity index (χ4v) is 2.71. The molecule has 0 spiro atoms. The van der Waals surface area contributed by atoms with Crippen molar-refractivity contribution in [3.05, 3.63) is 76.9 Å². The molecule has 0 aliphatic heterocycles. The molecule has 0 atom stereocenters. The van der Waals surface area contributed by atoms with E-state index in [9.17, 15) is 60.3 Å². The van der Waals surface area contributed by atoms with Crippen LogP contribution in [0, 0.1) is 40.5 Å². The van der Waals surface area contributed by atoms with E-state index in [-0.39, 0.29) is 0 Å². The van der Waals surface area contributed by atoms with Gasteiger partial charge in [0.25, 0.3) is 11.4 Å². The van der Waals surface area contributed by atoms with Gasteiger partial charge in [-0.25, -0.2) is 0 Å². The largest absolute Gasteiger partial charge is 0.481 e. The molecule has 0 heterocycles. The minimum atomic E-state index is -1.54. The van der Waals surface area contributed by atoms with Crippen LogP contribution >= 0.6 is 0 Å². The number of carbonyl (C=O) groups is 2. The average Bonchev–Trinajstić information content (AvgIpc) is 2.83. The normalized spacial score (nSPS) is 11.4. The van der Waals surface area contributed by atoms with Crippen molar-refractivity contribution in [3.8, 4) is 0 Å². The summed E-state index contributed by atoms with van der Waals surface area (Å²) < 4.78 is 0. The van der Waals surface area contributed by atoms with Crippen LogP contribution in [-0.4, -0.2) is 53.3 Å². The SMILES string of the molecule is O=C(O)CC(=N\Nc1ccc([N+](=O)[O-])cc1[N+](=O)[O-])/C(CC(=O)O)=N/Nc1ccc([N+](=O)[O-])cc1[N+](=O)[O-]. The second-order valence-corrected chi connectivity index (χ2v) is 6.91. The summed E-state index contributed by atoms with van der Waals surface area (Å²) in [7, 11) is 0. The van der Waals surface area contributed by atoms with Crippen LogP contribution in [0.15, 0.2) is 46.6 Å². The molecule has 0 unspecified atom stereocenters. The molecule has 0 fully saturated rings. The fraction of sp³-hybridized carbons (Fsp3) is 0.111. The summed E-state index contributed by atoms with van der Waals surface area (Å²) in [4.78, 5) is 63.3. The lowest BCUT2D eigenvalue weighted by Gasteiger charge is -2.09. The maximum atomic E-state index is 11.4. The monoisotopic (exact) mass is 534 g/mol. The topological polar surface area (TPSA) is 296 Å². The third-order valence-corrected chi connectivity index (χ3v) is 4.37. The Morgan fingerprint density at radius 3 is 1.26 bits per heavy atom. The van der Waals surface area contributed by atoms with Gasteiger partial charge in [-0.05, 0) is 12.1 Å². The van der Waals surface area contributed by atoms with E-state index >= 15 is 0 Å². The van der Waals surface area contributed by atoms with E-state index in [2.05, 4.69) is 21.1 Å². The molecule has 38 heavy (non-hydrogen) atoms. The van der Waals surface area contributed by atoms with Gasteiger partial charge in [-0.1, -0.05) is 0 Å². The van der Waals surface area contributed by atoms with Gasteiger partial charge < -0.3 is 10.2 Å². The number of nitrogens with one attached hydrogen (secondary N) is 2. The first-order valence-electron chi connectivity index (χ1n) is 9.75. The van der Waals surface area contributed by atoms with Crippen LogP contribution in [0.4, 0.5) is 34.1 Å². The highest BCUT2D eigenvalue weighted by Gasteiger charge is 2.23. The lowest BCUT2D eigenvalue weighted by atomic mass is 10.1. The van der Waals surface area contributed by atoms with E-state index < -0.39 is 90.0 Å². The number of hydrogen-bond acceptors (Lipinski definition) is 14. The Morgan fingerprint density at radius 1 is 0.658 bits per heavy atom. The molecule has 198 valence electrons. The summed E-state index contributed by atoms with van der Waals surface area (Å²) in [5.74, 6) is -3.08. The number of aliphatic carboxylic acids is 2. The predicted octanol–water partition coefficient (Wildman–Crippen LogP) is 2.50. The van der Waals surface area contributed by atoms with Crippen LogP contribution in [0.5, 0.6) is 0 Å². The van der Waals surface area contributed by atoms with Crippen LogP contribution in [0.2, 0.25) is 0 Å². The molecule has 0 aliphatic rings. The predicted molar refractivity (Wildman–Crippen MR) is 126 cm³/mol. The number of non-ortho nitro benzene ring substituents is 2. The summed E-state index contributed by atoms with van der Waals surface area (Å²) in [6, 6.07) is 4.81. The molecule has 0 radical (unpaired) electrons. The molecule has 0 bridgehead atoms. The van der Waals surface area contributed by atoms with Crippen molar-refractivity contribution in [1.29, 1.82) is 0 Å². The number of hydrazone groups is 2. The second-order valence-electron chi connectivity index (χ2n) is 6.91. The number of rotatable bonds is 13. The highest BCUT2D eigenvalue weighted by atomic mass is 16.6. The third-order valence-electron chi connectivity index (χ3n) is 4.37. The fourth-order valence-electron chi connectivity index (χ4n) is 2.71. The number of carboxylic acid groups (broad SMARTS) is 2. The number of hydrogen-bond donors (Lipinski definition) is 4. The van der Waals surface area contributed by atoms with Crippen molar-refractivity contribution in [1.82, 2.24) is 0 Å². The Kier molecular flexibility index (Phi) is 8.93. The molecular formula is C18H14N8O12. The van der Waals surface area contributed by atoms with E-state index in [1.54, 1.807) is 0 Å². The Bertz CT molecular complexity index is 1300. The van der Waals surface area contributed by atoms with Crippen LogP contribution in [0.25, 0.3) is 0 Å². The minimum Gasteiger partial charge on any atom is -0.481 e. The molecule has 0 aromatic heterocycles.